The van der Waals surface area contributed by atoms with Crippen molar-refractivity contribution in [2.75, 3.05) is 0 Å². The van der Waals surface area contributed by atoms with Crippen LogP contribution in [0.1, 0.15) is 140 Å². The third kappa shape index (κ3) is 13.4. The Kier molecular flexibility index (Phi) is 20.7. The largest absolute Gasteiger partial charge is 1.00 e. The summed E-state index contributed by atoms with van der Waals surface area (Å²) in [5, 5.41) is 5.66. The first kappa shape index (κ1) is 50.4. The van der Waals surface area contributed by atoms with E-state index in [1.54, 1.807) is 34.5 Å². The van der Waals surface area contributed by atoms with Gasteiger partial charge in [0, 0.05) is 0 Å². The van der Waals surface area contributed by atoms with Crippen LogP contribution >= 0.6 is 0 Å². The summed E-state index contributed by atoms with van der Waals surface area (Å²) in [6, 6.07) is 41.7. The molecular formula is C56H72Cl2SiZr-2. The fraction of sp³-hybridized carbons (Fsp3) is 0.464. The van der Waals surface area contributed by atoms with E-state index in [0.29, 0.717) is 10.8 Å². The molecular weight excluding hydrogens is 863 g/mol. The van der Waals surface area contributed by atoms with Gasteiger partial charge in [-0.15, -0.1) is 69.1 Å². The molecule has 4 heteroatoms. The molecule has 6 aromatic carbocycles. The van der Waals surface area contributed by atoms with Crippen LogP contribution in [0.5, 0.6) is 0 Å². The van der Waals surface area contributed by atoms with E-state index in [9.17, 15) is 0 Å². The zero-order chi connectivity index (χ0) is 41.0. The molecule has 2 fully saturated rings. The Balaban J connectivity index is 0.000000236. The average molecular weight is 935 g/mol. The second-order valence-corrected chi connectivity index (χ2v) is 27.7. The number of fused-ring (bicyclic) bond motifs is 2. The van der Waals surface area contributed by atoms with Crippen LogP contribution in [0.4, 0.5) is 0 Å². The molecule has 6 aromatic rings. The van der Waals surface area contributed by atoms with Crippen LogP contribution in [0.3, 0.4) is 0 Å². The van der Waals surface area contributed by atoms with E-state index in [-0.39, 0.29) is 30.2 Å². The maximum Gasteiger partial charge on any atom is -1.00 e. The monoisotopic (exact) mass is 932 g/mol. The molecule has 2 aliphatic carbocycles. The molecule has 0 amide bonds. The van der Waals surface area contributed by atoms with Crippen LogP contribution < -0.4 is 24.8 Å². The Bertz CT molecular complexity index is 2020. The van der Waals surface area contributed by atoms with Crippen molar-refractivity contribution >= 4 is 27.0 Å². The maximum atomic E-state index is 2.49. The van der Waals surface area contributed by atoms with Gasteiger partial charge in [0.2, 0.25) is 0 Å². The van der Waals surface area contributed by atoms with E-state index in [4.69, 9.17) is 0 Å². The quantitative estimate of drug-likeness (QED) is 0.0729. The molecule has 0 heterocycles. The van der Waals surface area contributed by atoms with Gasteiger partial charge in [-0.3, -0.25) is 0 Å². The number of benzene rings is 4. The molecule has 0 spiro atoms. The molecule has 320 valence electrons. The van der Waals surface area contributed by atoms with Gasteiger partial charge in [-0.2, -0.15) is 12.1 Å². The van der Waals surface area contributed by atoms with Gasteiger partial charge < -0.3 is 24.8 Å². The Morgan fingerprint density at radius 2 is 0.833 bits per heavy atom. The second-order valence-electron chi connectivity index (χ2n) is 18.3. The second kappa shape index (κ2) is 24.6. The summed E-state index contributed by atoms with van der Waals surface area (Å²) in [5.74, 6) is 0. The van der Waals surface area contributed by atoms with Gasteiger partial charge in [-0.25, -0.2) is 0 Å². The summed E-state index contributed by atoms with van der Waals surface area (Å²) < 4.78 is 0. The Hall–Kier alpha value is -2.22. The van der Waals surface area contributed by atoms with Gasteiger partial charge in [0.05, 0.1) is 0 Å². The topological polar surface area (TPSA) is 0 Å². The summed E-state index contributed by atoms with van der Waals surface area (Å²) >= 11 is 1.74. The minimum absolute atomic E-state index is 0. The normalized spacial score (nSPS) is 15.9. The molecule has 0 atom stereocenters. The van der Waals surface area contributed by atoms with Gasteiger partial charge in [0.1, 0.15) is 0 Å². The zero-order valence-electron chi connectivity index (χ0n) is 37.9. The molecule has 60 heavy (non-hydrogen) atoms. The number of hydrogen-bond donors (Lipinski definition) is 0. The molecule has 8 rings (SSSR count). The molecule has 0 saturated heterocycles. The van der Waals surface area contributed by atoms with Crippen LogP contribution in [0.25, 0.3) is 43.8 Å². The summed E-state index contributed by atoms with van der Waals surface area (Å²) in [4.78, 5) is 0. The predicted octanol–water partition coefficient (Wildman–Crippen LogP) is 11.0. The van der Waals surface area contributed by atoms with Crippen LogP contribution in [0.2, 0.25) is 13.1 Å². The van der Waals surface area contributed by atoms with E-state index < -0.39 is 0 Å². The first-order chi connectivity index (χ1) is 28.2. The molecule has 0 bridgehead atoms. The smallest absolute Gasteiger partial charge is 1.00 e. The van der Waals surface area contributed by atoms with Crippen molar-refractivity contribution < 1.29 is 48.1 Å². The van der Waals surface area contributed by atoms with E-state index in [2.05, 4.69) is 150 Å². The molecule has 2 saturated carbocycles. The number of hydrogen-bond acceptors (Lipinski definition) is 0. The number of rotatable bonds is 10. The van der Waals surface area contributed by atoms with Crippen molar-refractivity contribution in [2.45, 2.75) is 156 Å². The van der Waals surface area contributed by atoms with Gasteiger partial charge in [-0.05, 0) is 84.5 Å². The summed E-state index contributed by atoms with van der Waals surface area (Å²) in [6.07, 6.45) is 24.4. The maximum absolute atomic E-state index is 2.49. The van der Waals surface area contributed by atoms with Gasteiger partial charge in [-0.1, -0.05) is 164 Å². The first-order valence-corrected chi connectivity index (χ1v) is 29.4. The average Bonchev–Trinajstić information content (AvgIpc) is 3.67. The minimum Gasteiger partial charge on any atom is -1.00 e. The summed E-state index contributed by atoms with van der Waals surface area (Å²) in [5.41, 5.74) is 12.6. The van der Waals surface area contributed by atoms with Crippen molar-refractivity contribution in [3.05, 3.63) is 131 Å². The van der Waals surface area contributed by atoms with Crippen LogP contribution in [0.15, 0.2) is 109 Å². The van der Waals surface area contributed by atoms with E-state index >= 15 is 0 Å². The molecule has 2 aliphatic rings. The van der Waals surface area contributed by atoms with E-state index in [1.807, 2.05) is 0 Å². The molecule has 0 unspecified atom stereocenters. The van der Waals surface area contributed by atoms with Gasteiger partial charge in [0.25, 0.3) is 0 Å². The van der Waals surface area contributed by atoms with Crippen LogP contribution in [-0.2, 0) is 49.0 Å². The van der Waals surface area contributed by atoms with E-state index in [0.717, 1.165) is 12.8 Å². The third-order valence-corrected chi connectivity index (χ3v) is 14.0. The Morgan fingerprint density at radius 3 is 1.13 bits per heavy atom. The van der Waals surface area contributed by atoms with Crippen molar-refractivity contribution in [2.24, 2.45) is 10.8 Å². The van der Waals surface area contributed by atoms with Gasteiger partial charge >= 0.3 is 41.9 Å². The Labute approximate surface area is 393 Å². The van der Waals surface area contributed by atoms with Crippen LogP contribution in [0, 0.1) is 10.8 Å². The van der Waals surface area contributed by atoms with Crippen molar-refractivity contribution in [3.8, 4) is 22.3 Å². The Morgan fingerprint density at radius 1 is 0.500 bits per heavy atom. The molecule has 0 radical (unpaired) electrons. The van der Waals surface area contributed by atoms with Crippen molar-refractivity contribution in [3.63, 3.8) is 0 Å². The van der Waals surface area contributed by atoms with Crippen LogP contribution in [-0.4, -0.2) is 5.43 Å². The van der Waals surface area contributed by atoms with Crippen molar-refractivity contribution in [1.29, 1.82) is 0 Å². The summed E-state index contributed by atoms with van der Waals surface area (Å²) in [6.45, 7) is 13.9. The first-order valence-electron chi connectivity index (χ1n) is 23.3. The molecule has 0 nitrogen and oxygen atoms in total. The molecule has 0 N–H and O–H groups in total. The van der Waals surface area contributed by atoms with E-state index in [1.165, 1.54) is 158 Å². The molecule has 0 aromatic heterocycles. The van der Waals surface area contributed by atoms with Gasteiger partial charge in [0.15, 0.2) is 0 Å². The fourth-order valence-corrected chi connectivity index (χ4v) is 10.3. The standard InChI is InChI=1S/2C27H33.C2H6Si.2ClH.Zr/c2*1-3-21-12-14-23(15-13-21)25-11-9-10-24-18-22(19-26(24)25)20-27(4-2)16-7-5-6-8-17-27;1-3-2;;;/h2*9-15,18-19H,3-8,16-17,20H2,1-2H3;1-2H3;2*1H;/q2*-1;;;;+2/p-2. The fourth-order valence-electron chi connectivity index (χ4n) is 10.3. The molecule has 0 aliphatic heterocycles. The zero-order valence-corrected chi connectivity index (χ0v) is 42.8. The third-order valence-electron chi connectivity index (χ3n) is 14.0. The number of aryl methyl sites for hydroxylation is 2. The van der Waals surface area contributed by atoms with Crippen molar-refractivity contribution in [1.82, 2.24) is 0 Å². The predicted molar refractivity (Wildman–Crippen MR) is 254 cm³/mol. The summed E-state index contributed by atoms with van der Waals surface area (Å²) in [7, 11) is 0. The minimum atomic E-state index is 0. The number of halogens is 2. The SMILES string of the molecule is CCc1ccc(-c2cccc3[cH-]c(CC4(CC)CCCCCC4)cc23)cc1.CCc1ccc(-c2cccc3[cH-]c(CC4(CC)CCCCCC4)cc23)cc1.C[Si](C)=[Zr+2].[Cl-].[Cl-].